The summed E-state index contributed by atoms with van der Waals surface area (Å²) in [4.78, 5) is 4.24. The van der Waals surface area contributed by atoms with E-state index in [1.54, 1.807) is 0 Å². The van der Waals surface area contributed by atoms with Crippen LogP contribution in [0.2, 0.25) is 0 Å². The van der Waals surface area contributed by atoms with E-state index in [1.165, 1.54) is 5.57 Å². The van der Waals surface area contributed by atoms with Gasteiger partial charge in [-0.15, -0.1) is 5.73 Å². The number of rotatable bonds is 1. The normalized spacial score (nSPS) is 15.1. The molecule has 0 saturated carbocycles. The largest absolute Gasteiger partial charge is 0.256 e. The summed E-state index contributed by atoms with van der Waals surface area (Å²) in [7, 11) is 0. The second-order valence-corrected chi connectivity index (χ2v) is 2.58. The smallest absolute Gasteiger partial charge is 0.0738 e. The van der Waals surface area contributed by atoms with Crippen molar-refractivity contribution in [2.75, 3.05) is 0 Å². The summed E-state index contributed by atoms with van der Waals surface area (Å²) in [6, 6.07) is 5.97. The Morgan fingerprint density at radius 2 is 2.36 bits per heavy atom. The lowest BCUT2D eigenvalue weighted by atomic mass is 10.1. The van der Waals surface area contributed by atoms with Gasteiger partial charge in [-0.1, -0.05) is 6.07 Å². The van der Waals surface area contributed by atoms with E-state index < -0.39 is 0 Å². The van der Waals surface area contributed by atoms with Gasteiger partial charge in [0.1, 0.15) is 0 Å². The number of hydrogen-bond donors (Lipinski definition) is 0. The van der Waals surface area contributed by atoms with Crippen molar-refractivity contribution in [2.24, 2.45) is 0 Å². The number of hydrogen-bond acceptors (Lipinski definition) is 1. The molecular weight excluding hydrogens is 134 g/mol. The number of pyridine rings is 1. The minimum Gasteiger partial charge on any atom is -0.256 e. The van der Waals surface area contributed by atoms with E-state index in [9.17, 15) is 0 Å². The summed E-state index contributed by atoms with van der Waals surface area (Å²) in [5.41, 5.74) is 5.51. The first-order chi connectivity index (χ1) is 5.47. The first-order valence-electron chi connectivity index (χ1n) is 3.82. The molecule has 0 spiro atoms. The highest BCUT2D eigenvalue weighted by Gasteiger charge is 2.03. The third kappa shape index (κ3) is 1.24. The van der Waals surface area contributed by atoms with Crippen LogP contribution in [0.1, 0.15) is 18.5 Å². The molecule has 0 aromatic carbocycles. The van der Waals surface area contributed by atoms with Crippen LogP contribution in [0.25, 0.3) is 5.57 Å². The molecule has 1 aromatic heterocycles. The Hall–Kier alpha value is -1.33. The molecule has 1 aromatic rings. The van der Waals surface area contributed by atoms with Gasteiger partial charge in [-0.05, 0) is 31.1 Å². The van der Waals surface area contributed by atoms with Crippen molar-refractivity contribution >= 4 is 5.57 Å². The average Bonchev–Trinajstić information content (AvgIpc) is 2.58. The van der Waals surface area contributed by atoms with Crippen LogP contribution in [0.15, 0.2) is 36.2 Å². The second-order valence-electron chi connectivity index (χ2n) is 2.58. The van der Waals surface area contributed by atoms with Crippen molar-refractivity contribution in [1.29, 1.82) is 0 Å². The summed E-state index contributed by atoms with van der Waals surface area (Å²) < 4.78 is 0. The zero-order valence-electron chi connectivity index (χ0n) is 6.25. The number of aromatic nitrogens is 1. The van der Waals surface area contributed by atoms with E-state index in [0.29, 0.717) is 0 Å². The maximum Gasteiger partial charge on any atom is 0.0738 e. The van der Waals surface area contributed by atoms with Crippen LogP contribution in [0.5, 0.6) is 0 Å². The molecule has 0 saturated heterocycles. The van der Waals surface area contributed by atoms with Gasteiger partial charge < -0.3 is 0 Å². The van der Waals surface area contributed by atoms with Crippen LogP contribution in [0.3, 0.4) is 0 Å². The average molecular weight is 143 g/mol. The molecule has 11 heavy (non-hydrogen) atoms. The highest BCUT2D eigenvalue weighted by molar-refractivity contribution is 5.63. The Kier molecular flexibility index (Phi) is 1.58. The van der Waals surface area contributed by atoms with Crippen LogP contribution in [0.4, 0.5) is 0 Å². The van der Waals surface area contributed by atoms with Crippen molar-refractivity contribution in [3.63, 3.8) is 0 Å². The Morgan fingerprint density at radius 3 is 3.00 bits per heavy atom. The molecule has 0 radical (unpaired) electrons. The Morgan fingerprint density at radius 1 is 1.36 bits per heavy atom. The number of allylic oxidation sites excluding steroid dienone is 1. The zero-order valence-corrected chi connectivity index (χ0v) is 6.25. The molecule has 0 N–H and O–H groups in total. The Labute approximate surface area is 66.1 Å². The lowest BCUT2D eigenvalue weighted by Gasteiger charge is -1.96. The van der Waals surface area contributed by atoms with Gasteiger partial charge in [0.2, 0.25) is 0 Å². The number of nitrogens with zero attached hydrogens (tertiary/aromatic N) is 1. The Bertz CT molecular complexity index is 305. The van der Waals surface area contributed by atoms with Crippen LogP contribution in [0, 0.1) is 0 Å². The summed E-state index contributed by atoms with van der Waals surface area (Å²) >= 11 is 0. The van der Waals surface area contributed by atoms with Gasteiger partial charge in [0, 0.05) is 11.8 Å². The third-order valence-electron chi connectivity index (χ3n) is 1.79. The lowest BCUT2D eigenvalue weighted by Crippen LogP contribution is -1.83. The van der Waals surface area contributed by atoms with Crippen molar-refractivity contribution in [3.8, 4) is 0 Å². The first kappa shape index (κ1) is 6.38. The van der Waals surface area contributed by atoms with Crippen molar-refractivity contribution < 1.29 is 0 Å². The molecule has 0 amide bonds. The molecular formula is C10H9N. The molecule has 1 heteroatoms. The van der Waals surface area contributed by atoms with Crippen LogP contribution < -0.4 is 0 Å². The van der Waals surface area contributed by atoms with E-state index in [2.05, 4.69) is 16.8 Å². The maximum absolute atomic E-state index is 4.24. The highest BCUT2D eigenvalue weighted by Crippen LogP contribution is 2.20. The molecule has 1 heterocycles. The quantitative estimate of drug-likeness (QED) is 0.550. The van der Waals surface area contributed by atoms with Crippen LogP contribution in [-0.2, 0) is 0 Å². The third-order valence-corrected chi connectivity index (χ3v) is 1.79. The monoisotopic (exact) mass is 143 g/mol. The minimum atomic E-state index is 1.07. The van der Waals surface area contributed by atoms with E-state index in [-0.39, 0.29) is 0 Å². The van der Waals surface area contributed by atoms with Crippen LogP contribution >= 0.6 is 0 Å². The highest BCUT2D eigenvalue weighted by atomic mass is 14.7. The molecule has 0 unspecified atom stereocenters. The Balaban J connectivity index is 2.38. The molecule has 1 nitrogen and oxygen atoms in total. The van der Waals surface area contributed by atoms with Gasteiger partial charge in [-0.25, -0.2) is 0 Å². The molecule has 2 rings (SSSR count). The molecule has 0 fully saturated rings. The topological polar surface area (TPSA) is 12.9 Å². The summed E-state index contributed by atoms with van der Waals surface area (Å²) in [5.74, 6) is 0. The van der Waals surface area contributed by atoms with Gasteiger partial charge in [-0.3, -0.25) is 4.98 Å². The predicted molar refractivity (Wildman–Crippen MR) is 45.0 cm³/mol. The van der Waals surface area contributed by atoms with Gasteiger partial charge in [0.05, 0.1) is 5.69 Å². The van der Waals surface area contributed by atoms with Gasteiger partial charge >= 0.3 is 0 Å². The first-order valence-corrected chi connectivity index (χ1v) is 3.82. The van der Waals surface area contributed by atoms with E-state index in [0.717, 1.165) is 18.5 Å². The fraction of sp³-hybridized carbons (Fsp3) is 0.200. The van der Waals surface area contributed by atoms with Gasteiger partial charge in [0.25, 0.3) is 0 Å². The fourth-order valence-corrected chi connectivity index (χ4v) is 1.23. The molecule has 0 atom stereocenters. The maximum atomic E-state index is 4.24. The molecule has 0 aliphatic heterocycles. The van der Waals surface area contributed by atoms with E-state index in [4.69, 9.17) is 0 Å². The van der Waals surface area contributed by atoms with Crippen molar-refractivity contribution in [2.45, 2.75) is 12.8 Å². The molecule has 0 bridgehead atoms. The lowest BCUT2D eigenvalue weighted by molar-refractivity contribution is 1.09. The summed E-state index contributed by atoms with van der Waals surface area (Å²) in [6.07, 6.45) is 6.11. The predicted octanol–water partition coefficient (Wildman–Crippen LogP) is 2.41. The van der Waals surface area contributed by atoms with Gasteiger partial charge in [0.15, 0.2) is 0 Å². The van der Waals surface area contributed by atoms with Crippen molar-refractivity contribution in [3.05, 3.63) is 41.9 Å². The standard InChI is InChI=1S/C10H9N/c1-2-6-9(5-1)10-7-3-4-8-11-10/h1,3-4,7-8H,2,6H2. The summed E-state index contributed by atoms with van der Waals surface area (Å²) in [5, 5.41) is 0. The molecule has 1 aliphatic rings. The van der Waals surface area contributed by atoms with E-state index >= 15 is 0 Å². The van der Waals surface area contributed by atoms with Gasteiger partial charge in [-0.2, -0.15) is 0 Å². The minimum absolute atomic E-state index is 1.07. The zero-order chi connectivity index (χ0) is 7.52. The SMILES string of the molecule is C1=CCCC=1c1ccccn1. The van der Waals surface area contributed by atoms with E-state index in [1.807, 2.05) is 24.4 Å². The fourth-order valence-electron chi connectivity index (χ4n) is 1.23. The molecule has 54 valence electrons. The molecule has 1 aliphatic carbocycles. The second kappa shape index (κ2) is 2.73. The van der Waals surface area contributed by atoms with Crippen LogP contribution in [-0.4, -0.2) is 4.98 Å². The van der Waals surface area contributed by atoms with Crippen molar-refractivity contribution in [1.82, 2.24) is 4.98 Å². The summed E-state index contributed by atoms with van der Waals surface area (Å²) in [6.45, 7) is 0.